The van der Waals surface area contributed by atoms with Crippen molar-refractivity contribution < 1.29 is 23.8 Å². The van der Waals surface area contributed by atoms with E-state index in [1.165, 1.54) is 18.9 Å². The van der Waals surface area contributed by atoms with Crippen LogP contribution in [0.1, 0.15) is 30.1 Å². The number of benzene rings is 1. The van der Waals surface area contributed by atoms with E-state index in [4.69, 9.17) is 14.2 Å². The van der Waals surface area contributed by atoms with Gasteiger partial charge in [-0.05, 0) is 31.2 Å². The molecule has 1 aromatic carbocycles. The molecule has 0 heterocycles. The maximum Gasteiger partial charge on any atom is 0.305 e. The van der Waals surface area contributed by atoms with Crippen molar-refractivity contribution in [2.24, 2.45) is 0 Å². The Balaban J connectivity index is 2.65. The number of aldehydes is 1. The van der Waals surface area contributed by atoms with E-state index in [9.17, 15) is 9.59 Å². The highest BCUT2D eigenvalue weighted by Crippen LogP contribution is 2.34. The first kappa shape index (κ1) is 17.4. The van der Waals surface area contributed by atoms with Gasteiger partial charge >= 0.3 is 5.97 Å². The molecule has 0 saturated heterocycles. The summed E-state index contributed by atoms with van der Waals surface area (Å²) in [6.45, 7) is 2.18. The summed E-state index contributed by atoms with van der Waals surface area (Å²) in [6.07, 6.45) is 1.86. The van der Waals surface area contributed by atoms with Crippen molar-refractivity contribution in [3.05, 3.63) is 17.7 Å². The molecule has 1 aromatic rings. The third-order valence-electron chi connectivity index (χ3n) is 2.73. The predicted octanol–water partition coefficient (Wildman–Crippen LogP) is 2.95. The molecule has 116 valence electrons. The predicted molar refractivity (Wildman–Crippen MR) is 81.5 cm³/mol. The summed E-state index contributed by atoms with van der Waals surface area (Å²) in [4.78, 5) is 23.2. The molecule has 0 bridgehead atoms. The molecular formula is C15H20O5S. The van der Waals surface area contributed by atoms with Crippen molar-refractivity contribution in [2.75, 3.05) is 26.6 Å². The van der Waals surface area contributed by atoms with Crippen molar-refractivity contribution in [3.63, 3.8) is 0 Å². The van der Waals surface area contributed by atoms with Gasteiger partial charge in [-0.2, -0.15) is 0 Å². The number of carbonyl (C=O) groups excluding carboxylic acids is 2. The highest BCUT2D eigenvalue weighted by Gasteiger charge is 2.11. The third-order valence-corrected chi connectivity index (χ3v) is 3.89. The third kappa shape index (κ3) is 5.30. The largest absolute Gasteiger partial charge is 0.493 e. The van der Waals surface area contributed by atoms with Crippen molar-refractivity contribution >= 4 is 24.0 Å². The standard InChI is InChI=1S/C15H20O5S/c1-4-20-15(17)6-5-7-21-14-9-13(19-3)12(18-2)8-11(14)10-16/h8-10H,4-7H2,1-3H3. The Morgan fingerprint density at radius 2 is 1.90 bits per heavy atom. The van der Waals surface area contributed by atoms with E-state index in [-0.39, 0.29) is 5.97 Å². The lowest BCUT2D eigenvalue weighted by Crippen LogP contribution is -2.03. The summed E-state index contributed by atoms with van der Waals surface area (Å²) >= 11 is 1.51. The van der Waals surface area contributed by atoms with E-state index in [1.54, 1.807) is 26.2 Å². The minimum absolute atomic E-state index is 0.193. The summed E-state index contributed by atoms with van der Waals surface area (Å²) in [7, 11) is 3.08. The van der Waals surface area contributed by atoms with Gasteiger partial charge in [-0.25, -0.2) is 0 Å². The lowest BCUT2D eigenvalue weighted by Gasteiger charge is -2.11. The van der Waals surface area contributed by atoms with Gasteiger partial charge in [-0.3, -0.25) is 9.59 Å². The van der Waals surface area contributed by atoms with E-state index in [2.05, 4.69) is 0 Å². The molecule has 6 heteroatoms. The molecule has 0 spiro atoms. The first-order valence-corrected chi connectivity index (χ1v) is 7.64. The highest BCUT2D eigenvalue weighted by atomic mass is 32.2. The second-order valence-electron chi connectivity index (χ2n) is 4.12. The average molecular weight is 312 g/mol. The molecule has 0 fully saturated rings. The van der Waals surface area contributed by atoms with Gasteiger partial charge in [0.2, 0.25) is 0 Å². The number of rotatable bonds is 9. The zero-order valence-electron chi connectivity index (χ0n) is 12.5. The van der Waals surface area contributed by atoms with E-state index >= 15 is 0 Å². The number of esters is 1. The molecule has 21 heavy (non-hydrogen) atoms. The minimum atomic E-state index is -0.193. The second-order valence-corrected chi connectivity index (χ2v) is 5.26. The molecule has 5 nitrogen and oxygen atoms in total. The fourth-order valence-electron chi connectivity index (χ4n) is 1.72. The van der Waals surface area contributed by atoms with Crippen LogP contribution in [0, 0.1) is 0 Å². The fraction of sp³-hybridized carbons (Fsp3) is 0.467. The molecule has 0 radical (unpaired) electrons. The van der Waals surface area contributed by atoms with Gasteiger partial charge in [-0.1, -0.05) is 0 Å². The minimum Gasteiger partial charge on any atom is -0.493 e. The van der Waals surface area contributed by atoms with Gasteiger partial charge in [0.1, 0.15) is 0 Å². The number of thioether (sulfide) groups is 1. The number of hydrogen-bond donors (Lipinski definition) is 0. The highest BCUT2D eigenvalue weighted by molar-refractivity contribution is 7.99. The van der Waals surface area contributed by atoms with Gasteiger partial charge in [-0.15, -0.1) is 11.8 Å². The van der Waals surface area contributed by atoms with Gasteiger partial charge < -0.3 is 14.2 Å². The molecule has 0 N–H and O–H groups in total. The zero-order chi connectivity index (χ0) is 15.7. The van der Waals surface area contributed by atoms with E-state index < -0.39 is 0 Å². The second kappa shape index (κ2) is 9.28. The quantitative estimate of drug-likeness (QED) is 0.302. The van der Waals surface area contributed by atoms with Crippen LogP contribution < -0.4 is 9.47 Å². The molecule has 0 atom stereocenters. The van der Waals surface area contributed by atoms with E-state index in [0.29, 0.717) is 36.5 Å². The van der Waals surface area contributed by atoms with Crippen molar-refractivity contribution in [1.29, 1.82) is 0 Å². The van der Waals surface area contributed by atoms with Crippen molar-refractivity contribution in [3.8, 4) is 11.5 Å². The van der Waals surface area contributed by atoms with Gasteiger partial charge in [0.25, 0.3) is 0 Å². The molecule has 0 amide bonds. The number of carbonyl (C=O) groups is 2. The van der Waals surface area contributed by atoms with Crippen LogP contribution in [0.25, 0.3) is 0 Å². The van der Waals surface area contributed by atoms with Crippen molar-refractivity contribution in [1.82, 2.24) is 0 Å². The molecule has 0 aliphatic rings. The molecule has 0 saturated carbocycles. The van der Waals surface area contributed by atoms with Crippen LogP contribution in [-0.2, 0) is 9.53 Å². The Morgan fingerprint density at radius 3 is 2.48 bits per heavy atom. The van der Waals surface area contributed by atoms with Crippen LogP contribution in [0.5, 0.6) is 11.5 Å². The van der Waals surface area contributed by atoms with Gasteiger partial charge in [0.15, 0.2) is 17.8 Å². The normalized spacial score (nSPS) is 10.0. The Bertz CT molecular complexity index is 487. The molecule has 0 unspecified atom stereocenters. The maximum absolute atomic E-state index is 11.2. The Kier molecular flexibility index (Phi) is 7.68. The van der Waals surface area contributed by atoms with Gasteiger partial charge in [0.05, 0.1) is 20.8 Å². The lowest BCUT2D eigenvalue weighted by atomic mass is 10.2. The smallest absolute Gasteiger partial charge is 0.305 e. The molecule has 0 aromatic heterocycles. The zero-order valence-corrected chi connectivity index (χ0v) is 13.3. The van der Waals surface area contributed by atoms with E-state index in [1.807, 2.05) is 0 Å². The van der Waals surface area contributed by atoms with E-state index in [0.717, 1.165) is 16.9 Å². The monoisotopic (exact) mass is 312 g/mol. The maximum atomic E-state index is 11.2. The van der Waals surface area contributed by atoms with Gasteiger partial charge in [0, 0.05) is 16.9 Å². The fourth-order valence-corrected chi connectivity index (χ4v) is 2.70. The Hall–Kier alpha value is -1.69. The Morgan fingerprint density at radius 1 is 1.24 bits per heavy atom. The van der Waals surface area contributed by atoms with Crippen LogP contribution in [0.2, 0.25) is 0 Å². The lowest BCUT2D eigenvalue weighted by molar-refractivity contribution is -0.143. The molecule has 0 aliphatic heterocycles. The van der Waals surface area contributed by atoms with Crippen LogP contribution in [0.15, 0.2) is 17.0 Å². The average Bonchev–Trinajstić information content (AvgIpc) is 2.51. The topological polar surface area (TPSA) is 61.8 Å². The molecular weight excluding hydrogens is 292 g/mol. The SMILES string of the molecule is CCOC(=O)CCCSc1cc(OC)c(OC)cc1C=O. The summed E-state index contributed by atoms with van der Waals surface area (Å²) in [5.74, 6) is 1.63. The molecule has 1 rings (SSSR count). The summed E-state index contributed by atoms with van der Waals surface area (Å²) < 4.78 is 15.3. The first-order chi connectivity index (χ1) is 10.2. The number of methoxy groups -OCH3 is 2. The van der Waals surface area contributed by atoms with Crippen LogP contribution >= 0.6 is 11.8 Å². The summed E-state index contributed by atoms with van der Waals surface area (Å²) in [6, 6.07) is 3.43. The number of hydrogen-bond acceptors (Lipinski definition) is 6. The Labute approximate surface area is 129 Å². The summed E-state index contributed by atoms with van der Waals surface area (Å²) in [5.41, 5.74) is 0.550. The van der Waals surface area contributed by atoms with Crippen LogP contribution in [-0.4, -0.2) is 38.8 Å². The number of ether oxygens (including phenoxy) is 3. The van der Waals surface area contributed by atoms with Crippen molar-refractivity contribution in [2.45, 2.75) is 24.7 Å². The van der Waals surface area contributed by atoms with Crippen LogP contribution in [0.4, 0.5) is 0 Å². The first-order valence-electron chi connectivity index (χ1n) is 6.65. The van der Waals surface area contributed by atoms with Crippen LogP contribution in [0.3, 0.4) is 0 Å². The summed E-state index contributed by atoms with van der Waals surface area (Å²) in [5, 5.41) is 0. The molecule has 0 aliphatic carbocycles.